The van der Waals surface area contributed by atoms with Crippen LogP contribution in [-0.2, 0) is 17.8 Å². The van der Waals surface area contributed by atoms with Crippen molar-refractivity contribution in [3.05, 3.63) is 60.3 Å². The Morgan fingerprint density at radius 2 is 2.19 bits per heavy atom. The minimum Gasteiger partial charge on any atom is -0.352 e. The zero-order valence-electron chi connectivity index (χ0n) is 14.9. The fourth-order valence-electron chi connectivity index (χ4n) is 2.44. The lowest BCUT2D eigenvalue weighted by Crippen LogP contribution is -2.26. The van der Waals surface area contributed by atoms with Crippen molar-refractivity contribution in [3.8, 4) is 0 Å². The number of anilines is 1. The lowest BCUT2D eigenvalue weighted by Gasteiger charge is -2.08. The average molecular weight is 368 g/mol. The van der Waals surface area contributed by atoms with E-state index >= 15 is 0 Å². The highest BCUT2D eigenvalue weighted by Gasteiger charge is 2.09. The van der Waals surface area contributed by atoms with Crippen molar-refractivity contribution in [2.24, 2.45) is 0 Å². The number of hydrogen-bond acceptors (Lipinski definition) is 6. The molecule has 2 aromatic heterocycles. The van der Waals surface area contributed by atoms with Crippen LogP contribution in [0.4, 0.5) is 5.69 Å². The smallest absolute Gasteiger partial charge is 0.251 e. The zero-order chi connectivity index (χ0) is 19.1. The Hall–Kier alpha value is -3.49. The van der Waals surface area contributed by atoms with E-state index < -0.39 is 0 Å². The molecule has 0 fully saturated rings. The van der Waals surface area contributed by atoms with Crippen LogP contribution in [0.1, 0.15) is 28.5 Å². The summed E-state index contributed by atoms with van der Waals surface area (Å²) in [6.07, 6.45) is 5.90. The monoisotopic (exact) mass is 368 g/mol. The molecule has 0 aliphatic heterocycles. The second-order valence-corrected chi connectivity index (χ2v) is 5.92. The normalized spacial score (nSPS) is 10.6. The summed E-state index contributed by atoms with van der Waals surface area (Å²) in [5, 5.41) is 9.29. The Kier molecular flexibility index (Phi) is 5.93. The highest BCUT2D eigenvalue weighted by atomic mass is 16.5. The van der Waals surface area contributed by atoms with Crippen LogP contribution in [0.15, 0.2) is 47.5 Å². The standard InChI is InChI=1S/C18H20N6O3/c1-13-21-17(27-23-13)5-7-20-18(26)14-3-2-4-15(11-14)22-16(25)6-9-24-10-8-19-12-24/h2-4,8,10-12H,5-7,9H2,1H3,(H,20,26)(H,22,25). The Morgan fingerprint density at radius 1 is 1.30 bits per heavy atom. The van der Waals surface area contributed by atoms with Crippen molar-refractivity contribution in [2.75, 3.05) is 11.9 Å². The van der Waals surface area contributed by atoms with E-state index in [1.54, 1.807) is 49.9 Å². The fourth-order valence-corrected chi connectivity index (χ4v) is 2.44. The topological polar surface area (TPSA) is 115 Å². The van der Waals surface area contributed by atoms with Crippen LogP contribution in [0, 0.1) is 6.92 Å². The number of imidazole rings is 1. The molecule has 3 rings (SSSR count). The minimum absolute atomic E-state index is 0.131. The third-order valence-electron chi connectivity index (χ3n) is 3.76. The van der Waals surface area contributed by atoms with Gasteiger partial charge in [-0.05, 0) is 25.1 Å². The van der Waals surface area contributed by atoms with Gasteiger partial charge in [0.05, 0.1) is 6.33 Å². The number of carbonyl (C=O) groups is 2. The average Bonchev–Trinajstić information content (AvgIpc) is 3.32. The number of carbonyl (C=O) groups excluding carboxylic acids is 2. The summed E-state index contributed by atoms with van der Waals surface area (Å²) in [5.74, 6) is 0.674. The number of aromatic nitrogens is 4. The molecule has 0 atom stereocenters. The molecule has 2 amide bonds. The Balaban J connectivity index is 1.48. The Labute approximate surface area is 155 Å². The first kappa shape index (κ1) is 18.3. The summed E-state index contributed by atoms with van der Waals surface area (Å²) in [6, 6.07) is 6.80. The number of rotatable bonds is 8. The molecule has 0 aliphatic carbocycles. The van der Waals surface area contributed by atoms with E-state index in [1.165, 1.54) is 0 Å². The first-order valence-electron chi connectivity index (χ1n) is 8.53. The molecule has 3 aromatic rings. The molecule has 0 saturated carbocycles. The summed E-state index contributed by atoms with van der Waals surface area (Å²) in [6.45, 7) is 2.66. The van der Waals surface area contributed by atoms with Gasteiger partial charge in [-0.1, -0.05) is 11.2 Å². The number of amides is 2. The molecular weight excluding hydrogens is 348 g/mol. The summed E-state index contributed by atoms with van der Waals surface area (Å²) >= 11 is 0. The second kappa shape index (κ2) is 8.75. The summed E-state index contributed by atoms with van der Waals surface area (Å²) < 4.78 is 6.83. The molecule has 27 heavy (non-hydrogen) atoms. The number of hydrogen-bond donors (Lipinski definition) is 2. The van der Waals surface area contributed by atoms with Gasteiger partial charge in [-0.15, -0.1) is 0 Å². The second-order valence-electron chi connectivity index (χ2n) is 5.92. The van der Waals surface area contributed by atoms with Crippen molar-refractivity contribution in [3.63, 3.8) is 0 Å². The van der Waals surface area contributed by atoms with Gasteiger partial charge >= 0.3 is 0 Å². The Bertz CT molecular complexity index is 903. The highest BCUT2D eigenvalue weighted by molar-refractivity contribution is 5.97. The fraction of sp³-hybridized carbons (Fsp3) is 0.278. The zero-order valence-corrected chi connectivity index (χ0v) is 14.9. The number of benzene rings is 1. The van der Waals surface area contributed by atoms with Gasteiger partial charge in [0.2, 0.25) is 11.8 Å². The van der Waals surface area contributed by atoms with Crippen molar-refractivity contribution >= 4 is 17.5 Å². The molecular formula is C18H20N6O3. The first-order valence-corrected chi connectivity index (χ1v) is 8.53. The van der Waals surface area contributed by atoms with E-state index in [1.807, 2.05) is 4.57 Å². The van der Waals surface area contributed by atoms with Gasteiger partial charge in [0, 0.05) is 49.6 Å². The molecule has 140 valence electrons. The number of aryl methyl sites for hydroxylation is 2. The lowest BCUT2D eigenvalue weighted by molar-refractivity contribution is -0.116. The van der Waals surface area contributed by atoms with Crippen LogP contribution < -0.4 is 10.6 Å². The highest BCUT2D eigenvalue weighted by Crippen LogP contribution is 2.11. The predicted octanol–water partition coefficient (Wildman–Crippen LogP) is 1.58. The minimum atomic E-state index is -0.235. The van der Waals surface area contributed by atoms with E-state index in [2.05, 4.69) is 25.8 Å². The van der Waals surface area contributed by atoms with E-state index in [0.717, 1.165) is 0 Å². The van der Waals surface area contributed by atoms with E-state index in [4.69, 9.17) is 4.52 Å². The maximum absolute atomic E-state index is 12.3. The first-order chi connectivity index (χ1) is 13.1. The molecule has 9 nitrogen and oxygen atoms in total. The molecule has 9 heteroatoms. The van der Waals surface area contributed by atoms with Gasteiger partial charge in [0.25, 0.3) is 5.91 Å². The SMILES string of the molecule is Cc1noc(CCNC(=O)c2cccc(NC(=O)CCn3ccnc3)c2)n1. The summed E-state index contributed by atoms with van der Waals surface area (Å²) in [7, 11) is 0. The maximum atomic E-state index is 12.3. The molecule has 0 saturated heterocycles. The number of nitrogens with zero attached hydrogens (tertiary/aromatic N) is 4. The van der Waals surface area contributed by atoms with Crippen LogP contribution in [0.25, 0.3) is 0 Å². The lowest BCUT2D eigenvalue weighted by atomic mass is 10.2. The molecule has 2 heterocycles. The maximum Gasteiger partial charge on any atom is 0.251 e. The van der Waals surface area contributed by atoms with Crippen LogP contribution in [0.5, 0.6) is 0 Å². The molecule has 2 N–H and O–H groups in total. The molecule has 0 spiro atoms. The third kappa shape index (κ3) is 5.50. The third-order valence-corrected chi connectivity index (χ3v) is 3.76. The van der Waals surface area contributed by atoms with Gasteiger partial charge in [-0.2, -0.15) is 4.98 Å². The molecule has 0 radical (unpaired) electrons. The summed E-state index contributed by atoms with van der Waals surface area (Å²) in [5.41, 5.74) is 1.04. The van der Waals surface area contributed by atoms with Crippen molar-refractivity contribution in [2.45, 2.75) is 26.3 Å². The molecule has 1 aromatic carbocycles. The van der Waals surface area contributed by atoms with Crippen LogP contribution >= 0.6 is 0 Å². The van der Waals surface area contributed by atoms with E-state index in [-0.39, 0.29) is 11.8 Å². The number of nitrogens with one attached hydrogen (secondary N) is 2. The largest absolute Gasteiger partial charge is 0.352 e. The molecule has 0 aliphatic rings. The predicted molar refractivity (Wildman–Crippen MR) is 97.0 cm³/mol. The van der Waals surface area contributed by atoms with Crippen molar-refractivity contribution in [1.82, 2.24) is 25.0 Å². The van der Waals surface area contributed by atoms with Crippen molar-refractivity contribution < 1.29 is 14.1 Å². The van der Waals surface area contributed by atoms with Gasteiger partial charge in [0.1, 0.15) is 0 Å². The summed E-state index contributed by atoms with van der Waals surface area (Å²) in [4.78, 5) is 32.3. The van der Waals surface area contributed by atoms with Gasteiger partial charge in [-0.3, -0.25) is 9.59 Å². The van der Waals surface area contributed by atoms with Crippen LogP contribution in [0.3, 0.4) is 0 Å². The van der Waals surface area contributed by atoms with Crippen molar-refractivity contribution in [1.29, 1.82) is 0 Å². The van der Waals surface area contributed by atoms with Gasteiger partial charge in [0.15, 0.2) is 5.82 Å². The van der Waals surface area contributed by atoms with Gasteiger partial charge in [-0.25, -0.2) is 4.98 Å². The molecule has 0 bridgehead atoms. The van der Waals surface area contributed by atoms with Crippen LogP contribution in [-0.4, -0.2) is 38.1 Å². The van der Waals surface area contributed by atoms with Gasteiger partial charge < -0.3 is 19.7 Å². The van der Waals surface area contributed by atoms with E-state index in [0.29, 0.717) is 48.9 Å². The Morgan fingerprint density at radius 3 is 2.93 bits per heavy atom. The van der Waals surface area contributed by atoms with Crippen LogP contribution in [0.2, 0.25) is 0 Å². The molecule has 0 unspecified atom stereocenters. The van der Waals surface area contributed by atoms with E-state index in [9.17, 15) is 9.59 Å². The quantitative estimate of drug-likeness (QED) is 0.624.